The SMILES string of the molecule is CCCC(N)COc1cccc(C)c1C. The van der Waals surface area contributed by atoms with Crippen molar-refractivity contribution in [2.45, 2.75) is 39.7 Å². The summed E-state index contributed by atoms with van der Waals surface area (Å²) in [4.78, 5) is 0. The van der Waals surface area contributed by atoms with Gasteiger partial charge in [-0.3, -0.25) is 0 Å². The first kappa shape index (κ1) is 12.1. The lowest BCUT2D eigenvalue weighted by Crippen LogP contribution is -2.27. The molecular formula is C13H21NO. The highest BCUT2D eigenvalue weighted by Gasteiger charge is 2.05. The average molecular weight is 207 g/mol. The summed E-state index contributed by atoms with van der Waals surface area (Å²) in [5, 5.41) is 0. The molecule has 2 nitrogen and oxygen atoms in total. The normalized spacial score (nSPS) is 12.5. The summed E-state index contributed by atoms with van der Waals surface area (Å²) in [6, 6.07) is 6.26. The third kappa shape index (κ3) is 3.56. The number of nitrogens with two attached hydrogens (primary N) is 1. The molecule has 0 aromatic heterocycles. The third-order valence-electron chi connectivity index (χ3n) is 2.67. The zero-order valence-electron chi connectivity index (χ0n) is 9.92. The molecule has 0 saturated heterocycles. The van der Waals surface area contributed by atoms with Crippen molar-refractivity contribution in [1.29, 1.82) is 0 Å². The summed E-state index contributed by atoms with van der Waals surface area (Å²) in [6.07, 6.45) is 2.13. The first-order valence-corrected chi connectivity index (χ1v) is 5.59. The van der Waals surface area contributed by atoms with Crippen molar-refractivity contribution in [1.82, 2.24) is 0 Å². The summed E-state index contributed by atoms with van der Waals surface area (Å²) < 4.78 is 5.71. The van der Waals surface area contributed by atoms with Crippen LogP contribution in [0.15, 0.2) is 18.2 Å². The van der Waals surface area contributed by atoms with E-state index >= 15 is 0 Å². The van der Waals surface area contributed by atoms with E-state index in [2.05, 4.69) is 26.8 Å². The number of benzene rings is 1. The van der Waals surface area contributed by atoms with Crippen molar-refractivity contribution in [2.75, 3.05) is 6.61 Å². The molecule has 0 spiro atoms. The maximum atomic E-state index is 5.90. The Morgan fingerprint density at radius 2 is 2.07 bits per heavy atom. The fourth-order valence-corrected chi connectivity index (χ4v) is 1.53. The van der Waals surface area contributed by atoms with Gasteiger partial charge in [-0.15, -0.1) is 0 Å². The highest BCUT2D eigenvalue weighted by atomic mass is 16.5. The van der Waals surface area contributed by atoms with Crippen molar-refractivity contribution in [3.8, 4) is 5.75 Å². The number of hydrogen-bond donors (Lipinski definition) is 1. The van der Waals surface area contributed by atoms with Crippen molar-refractivity contribution >= 4 is 0 Å². The van der Waals surface area contributed by atoms with Gasteiger partial charge in [0.1, 0.15) is 12.4 Å². The molecule has 1 aromatic carbocycles. The van der Waals surface area contributed by atoms with E-state index in [1.165, 1.54) is 11.1 Å². The molecule has 1 aromatic rings. The van der Waals surface area contributed by atoms with Crippen LogP contribution in [0, 0.1) is 13.8 Å². The second kappa shape index (κ2) is 5.76. The Balaban J connectivity index is 2.54. The molecule has 1 rings (SSSR count). The monoisotopic (exact) mass is 207 g/mol. The van der Waals surface area contributed by atoms with Crippen LogP contribution in [-0.2, 0) is 0 Å². The molecule has 0 saturated carbocycles. The minimum Gasteiger partial charge on any atom is -0.492 e. The zero-order chi connectivity index (χ0) is 11.3. The fourth-order valence-electron chi connectivity index (χ4n) is 1.53. The predicted octanol–water partition coefficient (Wildman–Crippen LogP) is 2.81. The first-order valence-electron chi connectivity index (χ1n) is 5.59. The number of aryl methyl sites for hydroxylation is 1. The Morgan fingerprint density at radius 3 is 2.73 bits per heavy atom. The molecular weight excluding hydrogens is 186 g/mol. The second-order valence-electron chi connectivity index (χ2n) is 4.06. The van der Waals surface area contributed by atoms with E-state index in [0.29, 0.717) is 6.61 Å². The largest absolute Gasteiger partial charge is 0.492 e. The topological polar surface area (TPSA) is 35.2 Å². The van der Waals surface area contributed by atoms with Crippen LogP contribution in [0.3, 0.4) is 0 Å². The molecule has 84 valence electrons. The number of hydrogen-bond acceptors (Lipinski definition) is 2. The molecule has 2 heteroatoms. The van der Waals surface area contributed by atoms with E-state index in [1.54, 1.807) is 0 Å². The van der Waals surface area contributed by atoms with Gasteiger partial charge in [0.05, 0.1) is 0 Å². The summed E-state index contributed by atoms with van der Waals surface area (Å²) in [7, 11) is 0. The maximum Gasteiger partial charge on any atom is 0.122 e. The molecule has 15 heavy (non-hydrogen) atoms. The van der Waals surface area contributed by atoms with Crippen LogP contribution in [-0.4, -0.2) is 12.6 Å². The molecule has 2 N–H and O–H groups in total. The Morgan fingerprint density at radius 1 is 1.33 bits per heavy atom. The van der Waals surface area contributed by atoms with Crippen molar-refractivity contribution in [3.05, 3.63) is 29.3 Å². The zero-order valence-corrected chi connectivity index (χ0v) is 9.92. The van der Waals surface area contributed by atoms with Gasteiger partial charge in [-0.2, -0.15) is 0 Å². The quantitative estimate of drug-likeness (QED) is 0.805. The van der Waals surface area contributed by atoms with Crippen LogP contribution >= 0.6 is 0 Å². The third-order valence-corrected chi connectivity index (χ3v) is 2.67. The van der Waals surface area contributed by atoms with Gasteiger partial charge >= 0.3 is 0 Å². The number of ether oxygens (including phenoxy) is 1. The van der Waals surface area contributed by atoms with Crippen molar-refractivity contribution < 1.29 is 4.74 Å². The summed E-state index contributed by atoms with van der Waals surface area (Å²) in [5.74, 6) is 0.960. The van der Waals surface area contributed by atoms with E-state index in [9.17, 15) is 0 Å². The van der Waals surface area contributed by atoms with Gasteiger partial charge in [0.15, 0.2) is 0 Å². The first-order chi connectivity index (χ1) is 7.15. The standard InChI is InChI=1S/C13H21NO/c1-4-6-12(14)9-15-13-8-5-7-10(2)11(13)3/h5,7-8,12H,4,6,9,14H2,1-3H3. The lowest BCUT2D eigenvalue weighted by Gasteiger charge is -2.14. The highest BCUT2D eigenvalue weighted by molar-refractivity contribution is 5.38. The molecule has 0 aliphatic heterocycles. The molecule has 0 radical (unpaired) electrons. The van der Waals surface area contributed by atoms with Gasteiger partial charge in [-0.05, 0) is 37.5 Å². The Labute approximate surface area is 92.4 Å². The molecule has 0 aliphatic rings. The lowest BCUT2D eigenvalue weighted by atomic mass is 10.1. The van der Waals surface area contributed by atoms with Crippen LogP contribution in [0.25, 0.3) is 0 Å². The van der Waals surface area contributed by atoms with Crippen LogP contribution in [0.4, 0.5) is 0 Å². The molecule has 0 fully saturated rings. The van der Waals surface area contributed by atoms with Gasteiger partial charge < -0.3 is 10.5 Å². The van der Waals surface area contributed by atoms with Crippen LogP contribution < -0.4 is 10.5 Å². The molecule has 1 unspecified atom stereocenters. The molecule has 0 amide bonds. The van der Waals surface area contributed by atoms with Gasteiger partial charge in [-0.1, -0.05) is 25.5 Å². The van der Waals surface area contributed by atoms with Crippen LogP contribution in [0.5, 0.6) is 5.75 Å². The van der Waals surface area contributed by atoms with Crippen LogP contribution in [0.2, 0.25) is 0 Å². The molecule has 0 heterocycles. The fraction of sp³-hybridized carbons (Fsp3) is 0.538. The predicted molar refractivity (Wildman–Crippen MR) is 64.3 cm³/mol. The van der Waals surface area contributed by atoms with Gasteiger partial charge in [-0.25, -0.2) is 0 Å². The van der Waals surface area contributed by atoms with E-state index < -0.39 is 0 Å². The van der Waals surface area contributed by atoms with E-state index in [-0.39, 0.29) is 6.04 Å². The van der Waals surface area contributed by atoms with Gasteiger partial charge in [0.2, 0.25) is 0 Å². The van der Waals surface area contributed by atoms with Crippen molar-refractivity contribution in [2.24, 2.45) is 5.73 Å². The lowest BCUT2D eigenvalue weighted by molar-refractivity contribution is 0.279. The summed E-state index contributed by atoms with van der Waals surface area (Å²) in [5.41, 5.74) is 8.37. The minimum atomic E-state index is 0.148. The van der Waals surface area contributed by atoms with E-state index in [4.69, 9.17) is 10.5 Å². The van der Waals surface area contributed by atoms with Crippen molar-refractivity contribution in [3.63, 3.8) is 0 Å². The molecule has 0 aliphatic carbocycles. The maximum absolute atomic E-state index is 5.90. The molecule has 1 atom stereocenters. The summed E-state index contributed by atoms with van der Waals surface area (Å²) in [6.45, 7) is 6.92. The Bertz CT molecular complexity index is 309. The van der Waals surface area contributed by atoms with E-state index in [0.717, 1.165) is 18.6 Å². The Kier molecular flexibility index (Phi) is 4.63. The van der Waals surface area contributed by atoms with Crippen LogP contribution in [0.1, 0.15) is 30.9 Å². The smallest absolute Gasteiger partial charge is 0.122 e. The highest BCUT2D eigenvalue weighted by Crippen LogP contribution is 2.20. The second-order valence-corrected chi connectivity index (χ2v) is 4.06. The van der Waals surface area contributed by atoms with E-state index in [1.807, 2.05) is 12.1 Å². The molecule has 0 bridgehead atoms. The average Bonchev–Trinajstić information content (AvgIpc) is 2.21. The summed E-state index contributed by atoms with van der Waals surface area (Å²) >= 11 is 0. The minimum absolute atomic E-state index is 0.148. The van der Waals surface area contributed by atoms with Gasteiger partial charge in [0, 0.05) is 6.04 Å². The number of rotatable bonds is 5. The van der Waals surface area contributed by atoms with Gasteiger partial charge in [0.25, 0.3) is 0 Å². The Hall–Kier alpha value is -1.02.